The van der Waals surface area contributed by atoms with Crippen molar-refractivity contribution in [1.82, 2.24) is 4.90 Å². The molecule has 7 nitrogen and oxygen atoms in total. The highest BCUT2D eigenvalue weighted by molar-refractivity contribution is 7.92. The van der Waals surface area contributed by atoms with E-state index in [1.54, 1.807) is 30.2 Å². The van der Waals surface area contributed by atoms with Crippen LogP contribution >= 0.6 is 34.8 Å². The Bertz CT molecular complexity index is 1360. The summed E-state index contributed by atoms with van der Waals surface area (Å²) < 4.78 is 33.9. The molecule has 11 heteroatoms. The fraction of sp³-hybridized carbons (Fsp3) is 0.208. The third kappa shape index (κ3) is 5.62. The summed E-state index contributed by atoms with van der Waals surface area (Å²) in [6, 6.07) is 16.4. The first kappa shape index (κ1) is 25.4. The van der Waals surface area contributed by atoms with E-state index in [-0.39, 0.29) is 32.1 Å². The molecule has 1 amide bonds. The molecule has 1 N–H and O–H groups in total. The normalized spacial score (nSPS) is 14.1. The van der Waals surface area contributed by atoms with E-state index < -0.39 is 10.0 Å². The lowest BCUT2D eigenvalue weighted by atomic mass is 10.1. The molecule has 3 aromatic carbocycles. The van der Waals surface area contributed by atoms with Crippen LogP contribution in [0.4, 0.5) is 11.4 Å². The average Bonchev–Trinajstić information content (AvgIpc) is 2.83. The first-order chi connectivity index (χ1) is 16.7. The molecule has 1 fully saturated rings. The summed E-state index contributed by atoms with van der Waals surface area (Å²) in [4.78, 5) is 16.8. The van der Waals surface area contributed by atoms with Gasteiger partial charge in [-0.3, -0.25) is 9.52 Å². The number of benzene rings is 3. The molecule has 1 aliphatic heterocycles. The quantitative estimate of drug-likeness (QED) is 0.440. The predicted molar refractivity (Wildman–Crippen MR) is 140 cm³/mol. The van der Waals surface area contributed by atoms with Gasteiger partial charge in [-0.1, -0.05) is 53.0 Å². The second-order valence-corrected chi connectivity index (χ2v) is 10.7. The number of halogens is 3. The predicted octanol–water partition coefficient (Wildman–Crippen LogP) is 5.42. The monoisotopic (exact) mass is 553 g/mol. The zero-order chi connectivity index (χ0) is 25.2. The van der Waals surface area contributed by atoms with Crippen LogP contribution < -0.4 is 14.4 Å². The Hall–Kier alpha value is -2.65. The number of carbonyl (C=O) groups excluding carboxylic acids is 1. The molecule has 4 rings (SSSR count). The summed E-state index contributed by atoms with van der Waals surface area (Å²) in [5, 5.41) is 0.353. The molecular formula is C24H22Cl3N3O4S. The van der Waals surface area contributed by atoms with Gasteiger partial charge in [-0.15, -0.1) is 0 Å². The molecule has 35 heavy (non-hydrogen) atoms. The van der Waals surface area contributed by atoms with Gasteiger partial charge in [-0.2, -0.15) is 0 Å². The summed E-state index contributed by atoms with van der Waals surface area (Å²) in [6.45, 7) is 2.02. The lowest BCUT2D eigenvalue weighted by molar-refractivity contribution is 0.0746. The second kappa shape index (κ2) is 10.5. The SMILES string of the molecule is COc1ccccc1N1CCN(C(=O)c2cc(S(=O)(=O)Nc3cccc(Cl)c3)c(Cl)cc2Cl)CC1. The highest BCUT2D eigenvalue weighted by Gasteiger charge is 2.28. The molecule has 1 heterocycles. The smallest absolute Gasteiger partial charge is 0.263 e. The van der Waals surface area contributed by atoms with Gasteiger partial charge in [0.1, 0.15) is 10.6 Å². The van der Waals surface area contributed by atoms with Crippen molar-refractivity contribution in [3.8, 4) is 5.75 Å². The van der Waals surface area contributed by atoms with Crippen molar-refractivity contribution in [2.45, 2.75) is 4.90 Å². The van der Waals surface area contributed by atoms with Crippen LogP contribution in [0.5, 0.6) is 5.75 Å². The van der Waals surface area contributed by atoms with Gasteiger partial charge in [0.2, 0.25) is 0 Å². The largest absolute Gasteiger partial charge is 0.495 e. The van der Waals surface area contributed by atoms with Gasteiger partial charge in [-0.25, -0.2) is 8.42 Å². The van der Waals surface area contributed by atoms with E-state index in [0.717, 1.165) is 11.4 Å². The van der Waals surface area contributed by atoms with Crippen molar-refractivity contribution in [3.63, 3.8) is 0 Å². The van der Waals surface area contributed by atoms with Gasteiger partial charge in [-0.05, 0) is 42.5 Å². The van der Waals surface area contributed by atoms with Gasteiger partial charge in [0.05, 0.1) is 34.1 Å². The van der Waals surface area contributed by atoms with Crippen molar-refractivity contribution < 1.29 is 17.9 Å². The van der Waals surface area contributed by atoms with Crippen molar-refractivity contribution in [2.24, 2.45) is 0 Å². The third-order valence-corrected chi connectivity index (χ3v) is 8.00. The van der Waals surface area contributed by atoms with Crippen LogP contribution in [0.1, 0.15) is 10.4 Å². The van der Waals surface area contributed by atoms with Gasteiger partial charge in [0, 0.05) is 31.2 Å². The summed E-state index contributed by atoms with van der Waals surface area (Å²) in [6.07, 6.45) is 0. The lowest BCUT2D eigenvalue weighted by Gasteiger charge is -2.36. The fourth-order valence-corrected chi connectivity index (χ4v) is 5.97. The maximum Gasteiger partial charge on any atom is 0.263 e. The first-order valence-corrected chi connectivity index (χ1v) is 13.3. The minimum Gasteiger partial charge on any atom is -0.495 e. The molecule has 0 aliphatic carbocycles. The minimum absolute atomic E-state index is 0.0632. The standard InChI is InChI=1S/C24H22Cl3N3O4S/c1-34-22-8-3-2-7-21(22)29-9-11-30(12-10-29)24(31)18-14-23(20(27)15-19(18)26)35(32,33)28-17-6-4-5-16(25)13-17/h2-8,13-15,28H,9-12H2,1H3. The number of anilines is 2. The van der Waals surface area contributed by atoms with Gasteiger partial charge in [0.25, 0.3) is 15.9 Å². The summed E-state index contributed by atoms with van der Waals surface area (Å²) in [5.41, 5.74) is 1.28. The number of para-hydroxylation sites is 2. The molecule has 0 atom stereocenters. The van der Waals surface area contributed by atoms with E-state index in [1.165, 1.54) is 18.2 Å². The Balaban J connectivity index is 1.54. The van der Waals surface area contributed by atoms with E-state index in [9.17, 15) is 13.2 Å². The Morgan fingerprint density at radius 3 is 2.31 bits per heavy atom. The number of methoxy groups -OCH3 is 1. The van der Waals surface area contributed by atoms with Crippen LogP contribution in [0.2, 0.25) is 15.1 Å². The van der Waals surface area contributed by atoms with Gasteiger partial charge >= 0.3 is 0 Å². The zero-order valence-corrected chi connectivity index (χ0v) is 21.8. The summed E-state index contributed by atoms with van der Waals surface area (Å²) >= 11 is 18.5. The molecule has 0 saturated carbocycles. The average molecular weight is 555 g/mol. The Morgan fingerprint density at radius 2 is 1.63 bits per heavy atom. The van der Waals surface area contributed by atoms with E-state index in [1.807, 2.05) is 24.3 Å². The molecule has 0 radical (unpaired) electrons. The molecule has 184 valence electrons. The Kier molecular flexibility index (Phi) is 7.66. The highest BCUT2D eigenvalue weighted by atomic mass is 35.5. The summed E-state index contributed by atoms with van der Waals surface area (Å²) in [7, 11) is -2.49. The van der Waals surface area contributed by atoms with E-state index in [0.29, 0.717) is 31.2 Å². The van der Waals surface area contributed by atoms with E-state index >= 15 is 0 Å². The highest BCUT2D eigenvalue weighted by Crippen LogP contribution is 2.32. The maximum absolute atomic E-state index is 13.3. The number of nitrogens with zero attached hydrogens (tertiary/aromatic N) is 2. The third-order valence-electron chi connectivity index (χ3n) is 5.61. The molecule has 1 saturated heterocycles. The van der Waals surface area contributed by atoms with Crippen LogP contribution in [0.15, 0.2) is 65.6 Å². The van der Waals surface area contributed by atoms with Crippen molar-refractivity contribution in [1.29, 1.82) is 0 Å². The van der Waals surface area contributed by atoms with Gasteiger partial charge in [0.15, 0.2) is 0 Å². The van der Waals surface area contributed by atoms with Crippen LogP contribution in [0.3, 0.4) is 0 Å². The van der Waals surface area contributed by atoms with Crippen LogP contribution in [0.25, 0.3) is 0 Å². The molecule has 1 aliphatic rings. The molecule has 0 unspecified atom stereocenters. The van der Waals surface area contributed by atoms with Crippen LogP contribution in [-0.4, -0.2) is 52.5 Å². The number of hydrogen-bond donors (Lipinski definition) is 1. The van der Waals surface area contributed by atoms with Gasteiger partial charge < -0.3 is 14.5 Å². The number of ether oxygens (including phenoxy) is 1. The molecule has 3 aromatic rings. The first-order valence-electron chi connectivity index (χ1n) is 10.6. The number of nitrogens with one attached hydrogen (secondary N) is 1. The summed E-state index contributed by atoms with van der Waals surface area (Å²) in [5.74, 6) is 0.389. The number of hydrogen-bond acceptors (Lipinski definition) is 5. The maximum atomic E-state index is 13.3. The van der Waals surface area contributed by atoms with Crippen LogP contribution in [0, 0.1) is 0 Å². The molecule has 0 spiro atoms. The lowest BCUT2D eigenvalue weighted by Crippen LogP contribution is -2.49. The second-order valence-electron chi connectivity index (χ2n) is 7.83. The van der Waals surface area contributed by atoms with E-state index in [2.05, 4.69) is 9.62 Å². The Labute approximate surface area is 219 Å². The van der Waals surface area contributed by atoms with Crippen molar-refractivity contribution in [3.05, 3.63) is 81.3 Å². The van der Waals surface area contributed by atoms with Crippen LogP contribution in [-0.2, 0) is 10.0 Å². The molecule has 0 bridgehead atoms. The van der Waals surface area contributed by atoms with Crippen molar-refractivity contribution >= 4 is 62.1 Å². The molecule has 0 aromatic heterocycles. The number of piperazine rings is 1. The number of rotatable bonds is 6. The Morgan fingerprint density at radius 1 is 0.914 bits per heavy atom. The fourth-order valence-electron chi connectivity index (χ4n) is 3.87. The molecular weight excluding hydrogens is 533 g/mol. The number of sulfonamides is 1. The topological polar surface area (TPSA) is 79.0 Å². The van der Waals surface area contributed by atoms with E-state index in [4.69, 9.17) is 39.5 Å². The zero-order valence-electron chi connectivity index (χ0n) is 18.7. The van der Waals surface area contributed by atoms with Crippen molar-refractivity contribution in [2.75, 3.05) is 42.9 Å². The number of carbonyl (C=O) groups is 1. The number of amides is 1. The minimum atomic E-state index is -4.11.